The second-order valence-electron chi connectivity index (χ2n) is 4.99. The summed E-state index contributed by atoms with van der Waals surface area (Å²) in [6, 6.07) is 3.51. The molecule has 0 unspecified atom stereocenters. The van der Waals surface area contributed by atoms with Crippen molar-refractivity contribution in [1.29, 1.82) is 0 Å². The number of nitrogens with zero attached hydrogens (tertiary/aromatic N) is 1. The van der Waals surface area contributed by atoms with Gasteiger partial charge in [0.25, 0.3) is 0 Å². The minimum atomic E-state index is -0.336. The van der Waals surface area contributed by atoms with Crippen LogP contribution in [0.2, 0.25) is 0 Å². The van der Waals surface area contributed by atoms with E-state index >= 15 is 0 Å². The molecule has 0 saturated carbocycles. The van der Waals surface area contributed by atoms with E-state index in [-0.39, 0.29) is 22.3 Å². The van der Waals surface area contributed by atoms with Gasteiger partial charge in [-0.05, 0) is 48.6 Å². The lowest BCUT2D eigenvalue weighted by molar-refractivity contribution is -0.427. The molecular formula is C14H19NO3. The fourth-order valence-electron chi connectivity index (χ4n) is 1.87. The molecule has 18 heavy (non-hydrogen) atoms. The van der Waals surface area contributed by atoms with E-state index in [1.807, 2.05) is 13.8 Å². The number of phenolic OH excluding ortho intramolecular Hbond substituents is 1. The standard InChI is InChI=1S/C14H19NO3/c1-9(2)5-13(15(17)18)8-12-6-10(3)14(16)11(4)7-12/h6-9,16H,5H2,1-4H3. The molecule has 0 aliphatic carbocycles. The quantitative estimate of drug-likeness (QED) is 0.654. The molecule has 0 atom stereocenters. The van der Waals surface area contributed by atoms with Crippen LogP contribution in [0.3, 0.4) is 0 Å². The first-order valence-electron chi connectivity index (χ1n) is 5.96. The van der Waals surface area contributed by atoms with Crippen LogP contribution in [-0.4, -0.2) is 10.0 Å². The summed E-state index contributed by atoms with van der Waals surface area (Å²) < 4.78 is 0. The molecule has 0 aliphatic rings. The van der Waals surface area contributed by atoms with Crippen LogP contribution in [0.15, 0.2) is 17.8 Å². The van der Waals surface area contributed by atoms with E-state index in [2.05, 4.69) is 0 Å². The summed E-state index contributed by atoms with van der Waals surface area (Å²) in [5.41, 5.74) is 2.42. The van der Waals surface area contributed by atoms with Crippen LogP contribution in [0.5, 0.6) is 5.75 Å². The number of nitro groups is 1. The third-order valence-electron chi connectivity index (χ3n) is 2.70. The second-order valence-corrected chi connectivity index (χ2v) is 4.99. The summed E-state index contributed by atoms with van der Waals surface area (Å²) in [7, 11) is 0. The first-order valence-corrected chi connectivity index (χ1v) is 5.96. The van der Waals surface area contributed by atoms with Crippen molar-refractivity contribution in [2.24, 2.45) is 5.92 Å². The highest BCUT2D eigenvalue weighted by Crippen LogP contribution is 2.25. The first-order chi connectivity index (χ1) is 8.31. The molecule has 0 saturated heterocycles. The summed E-state index contributed by atoms with van der Waals surface area (Å²) >= 11 is 0. The second kappa shape index (κ2) is 5.67. The van der Waals surface area contributed by atoms with Gasteiger partial charge >= 0.3 is 0 Å². The number of allylic oxidation sites excluding steroid dienone is 1. The van der Waals surface area contributed by atoms with Gasteiger partial charge in [-0.15, -0.1) is 0 Å². The third kappa shape index (κ3) is 3.58. The summed E-state index contributed by atoms with van der Waals surface area (Å²) in [5, 5.41) is 20.6. The summed E-state index contributed by atoms with van der Waals surface area (Å²) in [6.07, 6.45) is 2.02. The van der Waals surface area contributed by atoms with Crippen molar-refractivity contribution in [3.8, 4) is 5.75 Å². The molecule has 1 aromatic rings. The van der Waals surface area contributed by atoms with Crippen LogP contribution in [0.25, 0.3) is 6.08 Å². The molecule has 4 nitrogen and oxygen atoms in total. The van der Waals surface area contributed by atoms with E-state index in [9.17, 15) is 15.2 Å². The lowest BCUT2D eigenvalue weighted by atomic mass is 10.0. The van der Waals surface area contributed by atoms with E-state index in [4.69, 9.17) is 0 Å². The van der Waals surface area contributed by atoms with Crippen LogP contribution in [-0.2, 0) is 0 Å². The Kier molecular flexibility index (Phi) is 4.48. The van der Waals surface area contributed by atoms with Crippen molar-refractivity contribution >= 4 is 6.08 Å². The van der Waals surface area contributed by atoms with Crippen LogP contribution in [0.4, 0.5) is 0 Å². The Labute approximate surface area is 107 Å². The number of rotatable bonds is 4. The average molecular weight is 249 g/mol. The van der Waals surface area contributed by atoms with Gasteiger partial charge in [0.1, 0.15) is 5.75 Å². The number of phenols is 1. The molecule has 4 heteroatoms. The van der Waals surface area contributed by atoms with Crippen molar-refractivity contribution < 1.29 is 10.0 Å². The molecule has 98 valence electrons. The fraction of sp³-hybridized carbons (Fsp3) is 0.429. The molecule has 0 spiro atoms. The monoisotopic (exact) mass is 249 g/mol. The van der Waals surface area contributed by atoms with Gasteiger partial charge in [0.15, 0.2) is 0 Å². The zero-order valence-electron chi connectivity index (χ0n) is 11.2. The topological polar surface area (TPSA) is 63.4 Å². The molecule has 1 rings (SSSR count). The van der Waals surface area contributed by atoms with E-state index in [1.165, 1.54) is 0 Å². The summed E-state index contributed by atoms with van der Waals surface area (Å²) in [6.45, 7) is 7.47. The maximum absolute atomic E-state index is 11.0. The summed E-state index contributed by atoms with van der Waals surface area (Å²) in [5.74, 6) is 0.486. The molecule has 0 fully saturated rings. The summed E-state index contributed by atoms with van der Waals surface area (Å²) in [4.78, 5) is 10.6. The van der Waals surface area contributed by atoms with Gasteiger partial charge in [0, 0.05) is 12.5 Å². The molecule has 1 aromatic carbocycles. The van der Waals surface area contributed by atoms with Crippen LogP contribution >= 0.6 is 0 Å². The Morgan fingerprint density at radius 1 is 1.39 bits per heavy atom. The Bertz CT molecular complexity index is 467. The number of hydrogen-bond acceptors (Lipinski definition) is 3. The molecule has 0 amide bonds. The van der Waals surface area contributed by atoms with Crippen molar-refractivity contribution in [1.82, 2.24) is 0 Å². The van der Waals surface area contributed by atoms with Gasteiger partial charge in [-0.3, -0.25) is 10.1 Å². The maximum atomic E-state index is 11.0. The van der Waals surface area contributed by atoms with E-state index in [0.717, 1.165) is 16.7 Å². The van der Waals surface area contributed by atoms with Crippen molar-refractivity contribution in [3.05, 3.63) is 44.6 Å². The SMILES string of the molecule is Cc1cc(C=C(CC(C)C)[N+](=O)[O-])cc(C)c1O. The van der Waals surface area contributed by atoms with Crippen LogP contribution in [0, 0.1) is 29.9 Å². The number of hydrogen-bond donors (Lipinski definition) is 1. The van der Waals surface area contributed by atoms with Gasteiger partial charge in [0.2, 0.25) is 5.70 Å². The van der Waals surface area contributed by atoms with E-state index in [1.54, 1.807) is 32.1 Å². The fourth-order valence-corrected chi connectivity index (χ4v) is 1.87. The molecule has 0 radical (unpaired) electrons. The highest BCUT2D eigenvalue weighted by Gasteiger charge is 2.13. The van der Waals surface area contributed by atoms with Crippen molar-refractivity contribution in [2.75, 3.05) is 0 Å². The lowest BCUT2D eigenvalue weighted by Gasteiger charge is -2.06. The molecule has 0 aromatic heterocycles. The minimum Gasteiger partial charge on any atom is -0.507 e. The molecule has 1 N–H and O–H groups in total. The molecule has 0 bridgehead atoms. The molecule has 0 heterocycles. The van der Waals surface area contributed by atoms with Gasteiger partial charge in [-0.25, -0.2) is 0 Å². The Balaban J connectivity index is 3.16. The van der Waals surface area contributed by atoms with Crippen LogP contribution in [0.1, 0.15) is 37.0 Å². The first kappa shape index (κ1) is 14.2. The van der Waals surface area contributed by atoms with Crippen LogP contribution < -0.4 is 0 Å². The predicted molar refractivity (Wildman–Crippen MR) is 72.0 cm³/mol. The maximum Gasteiger partial charge on any atom is 0.247 e. The van der Waals surface area contributed by atoms with Gasteiger partial charge in [-0.1, -0.05) is 13.8 Å². The third-order valence-corrected chi connectivity index (χ3v) is 2.70. The van der Waals surface area contributed by atoms with Crippen molar-refractivity contribution in [2.45, 2.75) is 34.1 Å². The zero-order chi connectivity index (χ0) is 13.9. The lowest BCUT2D eigenvalue weighted by Crippen LogP contribution is -2.02. The zero-order valence-corrected chi connectivity index (χ0v) is 11.2. The number of benzene rings is 1. The smallest absolute Gasteiger partial charge is 0.247 e. The molecular weight excluding hydrogens is 230 g/mol. The Morgan fingerprint density at radius 3 is 2.28 bits per heavy atom. The normalized spacial score (nSPS) is 11.9. The van der Waals surface area contributed by atoms with Gasteiger partial charge in [0.05, 0.1) is 4.92 Å². The highest BCUT2D eigenvalue weighted by atomic mass is 16.6. The highest BCUT2D eigenvalue weighted by molar-refractivity contribution is 5.56. The van der Waals surface area contributed by atoms with Gasteiger partial charge in [-0.2, -0.15) is 0 Å². The van der Waals surface area contributed by atoms with Crippen molar-refractivity contribution in [3.63, 3.8) is 0 Å². The number of aromatic hydroxyl groups is 1. The van der Waals surface area contributed by atoms with E-state index < -0.39 is 0 Å². The predicted octanol–water partition coefficient (Wildman–Crippen LogP) is 3.67. The Hall–Kier alpha value is -1.84. The number of aryl methyl sites for hydroxylation is 2. The van der Waals surface area contributed by atoms with E-state index in [0.29, 0.717) is 6.42 Å². The average Bonchev–Trinajstić information content (AvgIpc) is 2.24. The largest absolute Gasteiger partial charge is 0.507 e. The Morgan fingerprint density at radius 2 is 1.89 bits per heavy atom. The minimum absolute atomic E-state index is 0.203. The molecule has 0 aliphatic heterocycles. The van der Waals surface area contributed by atoms with Gasteiger partial charge < -0.3 is 5.11 Å².